The molecule has 0 spiro atoms. The maximum atomic E-state index is 11.0. The molecule has 1 N–H and O–H groups in total. The number of nitroso groups, excluding NO2 is 1. The zero-order valence-corrected chi connectivity index (χ0v) is 8.87. The van der Waals surface area contributed by atoms with Gasteiger partial charge in [0.2, 0.25) is 5.70 Å². The Morgan fingerprint density at radius 2 is 2.23 bits per heavy atom. The highest BCUT2D eigenvalue weighted by Gasteiger charge is 2.20. The normalized spacial score (nSPS) is 14.4. The highest BCUT2D eigenvalue weighted by atomic mass is 79.9. The van der Waals surface area contributed by atoms with Crippen LogP contribution in [0.1, 0.15) is 13.8 Å². The highest BCUT2D eigenvalue weighted by molar-refractivity contribution is 9.09. The fourth-order valence-corrected chi connectivity index (χ4v) is 0.793. The Balaban J connectivity index is 4.77. The molecule has 0 aromatic heterocycles. The summed E-state index contributed by atoms with van der Waals surface area (Å²) in [6, 6.07) is 0. The molecule has 0 aromatic carbocycles. The van der Waals surface area contributed by atoms with E-state index >= 15 is 0 Å². The first kappa shape index (κ1) is 12.1. The average Bonchev–Trinajstić information content (AvgIpc) is 2.05. The third-order valence-electron chi connectivity index (χ3n) is 1.18. The average molecular weight is 252 g/mol. The number of alkyl halides is 1. The van der Waals surface area contributed by atoms with Gasteiger partial charge in [0.05, 0.1) is 11.4 Å². The Hall–Kier alpha value is -0.910. The number of nitrogens with zero attached hydrogens (tertiary/aromatic N) is 1. The lowest BCUT2D eigenvalue weighted by Crippen LogP contribution is -2.11. The first-order valence-electron chi connectivity index (χ1n) is 3.62. The second-order valence-electron chi connectivity index (χ2n) is 2.16. The number of halogens is 1. The van der Waals surface area contributed by atoms with Crippen molar-refractivity contribution in [3.8, 4) is 0 Å². The number of hydrogen-bond acceptors (Lipinski definition) is 5. The van der Waals surface area contributed by atoms with Crippen molar-refractivity contribution in [2.45, 2.75) is 18.7 Å². The van der Waals surface area contributed by atoms with Crippen LogP contribution in [0.4, 0.5) is 0 Å². The molecule has 0 fully saturated rings. The van der Waals surface area contributed by atoms with Gasteiger partial charge in [-0.3, -0.25) is 0 Å². The minimum atomic E-state index is -0.915. The van der Waals surface area contributed by atoms with E-state index in [1.165, 1.54) is 0 Å². The first-order valence-corrected chi connectivity index (χ1v) is 4.53. The standard InChI is InChI=1S/C7H10BrNO4/c1-3-13-7(11)5(9-12)6(10)4(2)8/h4,10H,3H2,1-2H3. The Morgan fingerprint density at radius 3 is 2.54 bits per heavy atom. The van der Waals surface area contributed by atoms with Crippen LogP contribution in [-0.2, 0) is 9.53 Å². The van der Waals surface area contributed by atoms with Gasteiger partial charge >= 0.3 is 5.97 Å². The lowest BCUT2D eigenvalue weighted by atomic mass is 10.3. The van der Waals surface area contributed by atoms with Crippen molar-refractivity contribution in [1.29, 1.82) is 0 Å². The van der Waals surface area contributed by atoms with Gasteiger partial charge in [-0.1, -0.05) is 15.9 Å². The van der Waals surface area contributed by atoms with E-state index in [9.17, 15) is 14.8 Å². The van der Waals surface area contributed by atoms with Crippen LogP contribution in [0.15, 0.2) is 16.6 Å². The quantitative estimate of drug-likeness (QED) is 0.272. The molecule has 0 saturated carbocycles. The Bertz CT molecular complexity index is 237. The van der Waals surface area contributed by atoms with Gasteiger partial charge in [-0.25, -0.2) is 4.79 Å². The molecule has 74 valence electrons. The summed E-state index contributed by atoms with van der Waals surface area (Å²) >= 11 is 2.99. The first-order chi connectivity index (χ1) is 6.04. The number of rotatable bonds is 4. The van der Waals surface area contributed by atoms with Crippen LogP contribution in [0.2, 0.25) is 0 Å². The van der Waals surface area contributed by atoms with Crippen molar-refractivity contribution in [2.24, 2.45) is 5.18 Å². The van der Waals surface area contributed by atoms with E-state index in [0.29, 0.717) is 0 Å². The molecule has 0 heterocycles. The number of carbonyl (C=O) groups is 1. The summed E-state index contributed by atoms with van der Waals surface area (Å²) in [5, 5.41) is 11.6. The zero-order valence-electron chi connectivity index (χ0n) is 7.28. The number of aliphatic hydroxyl groups is 1. The van der Waals surface area contributed by atoms with Gasteiger partial charge in [0.1, 0.15) is 5.76 Å². The third kappa shape index (κ3) is 3.54. The largest absolute Gasteiger partial charge is 0.508 e. The third-order valence-corrected chi connectivity index (χ3v) is 1.61. The number of aliphatic hydroxyl groups excluding tert-OH is 1. The van der Waals surface area contributed by atoms with Crippen molar-refractivity contribution >= 4 is 21.9 Å². The smallest absolute Gasteiger partial charge is 0.364 e. The molecular formula is C7H10BrNO4. The predicted molar refractivity (Wildman–Crippen MR) is 50.5 cm³/mol. The summed E-state index contributed by atoms with van der Waals surface area (Å²) in [6.45, 7) is 3.27. The van der Waals surface area contributed by atoms with Gasteiger partial charge < -0.3 is 9.84 Å². The van der Waals surface area contributed by atoms with E-state index in [2.05, 4.69) is 25.8 Å². The van der Waals surface area contributed by atoms with Crippen LogP contribution in [0.25, 0.3) is 0 Å². The molecular weight excluding hydrogens is 242 g/mol. The summed E-state index contributed by atoms with van der Waals surface area (Å²) in [5.74, 6) is -1.34. The minimum absolute atomic E-state index is 0.127. The summed E-state index contributed by atoms with van der Waals surface area (Å²) < 4.78 is 4.49. The van der Waals surface area contributed by atoms with E-state index in [1.807, 2.05) is 0 Å². The topological polar surface area (TPSA) is 76.0 Å². The molecule has 0 aliphatic heterocycles. The highest BCUT2D eigenvalue weighted by Crippen LogP contribution is 2.15. The molecule has 0 radical (unpaired) electrons. The molecule has 1 atom stereocenters. The minimum Gasteiger partial charge on any atom is -0.508 e. The van der Waals surface area contributed by atoms with Gasteiger partial charge in [-0.05, 0) is 19.0 Å². The van der Waals surface area contributed by atoms with E-state index < -0.39 is 22.3 Å². The molecule has 0 rings (SSSR count). The summed E-state index contributed by atoms with van der Waals surface area (Å²) in [4.78, 5) is 20.6. The SMILES string of the molecule is CCOC(=O)C(N=O)=C(O)C(C)Br. The molecule has 6 heteroatoms. The Morgan fingerprint density at radius 1 is 1.69 bits per heavy atom. The van der Waals surface area contributed by atoms with Crippen molar-refractivity contribution in [2.75, 3.05) is 6.61 Å². The molecule has 1 unspecified atom stereocenters. The molecule has 0 amide bonds. The predicted octanol–water partition coefficient (Wildman–Crippen LogP) is 1.87. The second kappa shape index (κ2) is 5.69. The summed E-state index contributed by atoms with van der Waals surface area (Å²) in [5.41, 5.74) is -0.591. The summed E-state index contributed by atoms with van der Waals surface area (Å²) in [7, 11) is 0. The van der Waals surface area contributed by atoms with Gasteiger partial charge in [0, 0.05) is 0 Å². The number of hydrogen-bond donors (Lipinski definition) is 1. The van der Waals surface area contributed by atoms with E-state index in [-0.39, 0.29) is 6.61 Å². The molecule has 13 heavy (non-hydrogen) atoms. The van der Waals surface area contributed by atoms with Gasteiger partial charge in [-0.2, -0.15) is 0 Å². The van der Waals surface area contributed by atoms with Crippen LogP contribution in [0.5, 0.6) is 0 Å². The number of carbonyl (C=O) groups excluding carboxylic acids is 1. The van der Waals surface area contributed by atoms with Crippen molar-refractivity contribution < 1.29 is 14.6 Å². The van der Waals surface area contributed by atoms with Gasteiger partial charge in [0.15, 0.2) is 0 Å². The Kier molecular flexibility index (Phi) is 5.29. The molecule has 0 aliphatic carbocycles. The van der Waals surface area contributed by atoms with E-state index in [0.717, 1.165) is 0 Å². The van der Waals surface area contributed by atoms with Crippen LogP contribution in [0.3, 0.4) is 0 Å². The van der Waals surface area contributed by atoms with Crippen LogP contribution >= 0.6 is 15.9 Å². The van der Waals surface area contributed by atoms with E-state index in [1.54, 1.807) is 13.8 Å². The van der Waals surface area contributed by atoms with Gasteiger partial charge in [0.25, 0.3) is 0 Å². The molecule has 5 nitrogen and oxygen atoms in total. The lowest BCUT2D eigenvalue weighted by molar-refractivity contribution is -0.138. The second-order valence-corrected chi connectivity index (χ2v) is 3.54. The summed E-state index contributed by atoms with van der Waals surface area (Å²) in [6.07, 6.45) is 0. The monoisotopic (exact) mass is 251 g/mol. The lowest BCUT2D eigenvalue weighted by Gasteiger charge is -2.04. The molecule has 0 saturated heterocycles. The van der Waals surface area contributed by atoms with Crippen molar-refractivity contribution in [1.82, 2.24) is 0 Å². The number of esters is 1. The maximum absolute atomic E-state index is 11.0. The number of allylic oxidation sites excluding steroid dienone is 1. The van der Waals surface area contributed by atoms with Crippen LogP contribution < -0.4 is 0 Å². The van der Waals surface area contributed by atoms with Gasteiger partial charge in [-0.15, -0.1) is 4.91 Å². The van der Waals surface area contributed by atoms with Crippen molar-refractivity contribution in [3.05, 3.63) is 16.4 Å². The molecule has 0 bridgehead atoms. The Labute approximate surface area is 83.9 Å². The van der Waals surface area contributed by atoms with E-state index in [4.69, 9.17) is 0 Å². The molecule has 0 aromatic rings. The van der Waals surface area contributed by atoms with Crippen molar-refractivity contribution in [3.63, 3.8) is 0 Å². The fraction of sp³-hybridized carbons (Fsp3) is 0.571. The maximum Gasteiger partial charge on any atom is 0.364 e. The van der Waals surface area contributed by atoms with Crippen LogP contribution in [-0.4, -0.2) is 22.5 Å². The fourth-order valence-electron chi connectivity index (χ4n) is 0.576. The zero-order chi connectivity index (χ0) is 10.4. The number of ether oxygens (including phenoxy) is 1. The molecule has 0 aliphatic rings. The van der Waals surface area contributed by atoms with Crippen LogP contribution in [0, 0.1) is 4.91 Å².